The zero-order valence-corrected chi connectivity index (χ0v) is 20.8. The average molecular weight is 489 g/mol. The summed E-state index contributed by atoms with van der Waals surface area (Å²) in [4.78, 5) is 11.9. The normalized spacial score (nSPS) is 13.1. The number of unbranched alkanes of at least 4 members (excludes halogenated alkanes) is 1. The maximum atomic E-state index is 11.9. The predicted molar refractivity (Wildman–Crippen MR) is 138 cm³/mol. The first-order valence-electron chi connectivity index (χ1n) is 12.2. The molecule has 0 aliphatic carbocycles. The fourth-order valence-corrected chi connectivity index (χ4v) is 4.11. The summed E-state index contributed by atoms with van der Waals surface area (Å²) in [6.45, 7) is 2.89. The second-order valence-electron chi connectivity index (χ2n) is 8.33. The minimum atomic E-state index is -0.607. The van der Waals surface area contributed by atoms with E-state index in [0.717, 1.165) is 52.4 Å². The Kier molecular flexibility index (Phi) is 9.00. The van der Waals surface area contributed by atoms with Crippen molar-refractivity contribution in [2.24, 2.45) is 0 Å². The zero-order valence-electron chi connectivity index (χ0n) is 20.8. The van der Waals surface area contributed by atoms with Crippen LogP contribution >= 0.6 is 0 Å². The molecule has 0 radical (unpaired) electrons. The second kappa shape index (κ2) is 12.8. The van der Waals surface area contributed by atoms with Crippen LogP contribution in [0.3, 0.4) is 0 Å². The average Bonchev–Trinajstić information content (AvgIpc) is 2.90. The molecule has 0 amide bonds. The Labute approximate surface area is 212 Å². The summed E-state index contributed by atoms with van der Waals surface area (Å²) in [5.74, 6) is 2.07. The summed E-state index contributed by atoms with van der Waals surface area (Å²) in [6, 6.07) is 23.8. The molecule has 0 aromatic heterocycles. The molecule has 3 aromatic rings. The van der Waals surface area contributed by atoms with E-state index in [1.165, 1.54) is 7.11 Å². The summed E-state index contributed by atoms with van der Waals surface area (Å²) in [6.07, 6.45) is 3.77. The van der Waals surface area contributed by atoms with E-state index in [1.54, 1.807) is 6.92 Å². The minimum Gasteiger partial charge on any atom is -0.494 e. The number of para-hydroxylation sites is 2. The molecule has 1 aliphatic rings. The lowest BCUT2D eigenvalue weighted by Gasteiger charge is -2.21. The monoisotopic (exact) mass is 488 g/mol. The molecule has 0 fully saturated rings. The van der Waals surface area contributed by atoms with E-state index >= 15 is 0 Å². The smallest absolute Gasteiger partial charge is 0.335 e. The lowest BCUT2D eigenvalue weighted by Crippen LogP contribution is -2.27. The van der Waals surface area contributed by atoms with Crippen molar-refractivity contribution in [3.05, 3.63) is 95.6 Å². The van der Waals surface area contributed by atoms with E-state index in [4.69, 9.17) is 23.7 Å². The van der Waals surface area contributed by atoms with Crippen molar-refractivity contribution < 1.29 is 28.5 Å². The number of esters is 1. The molecule has 1 unspecified atom stereocenters. The van der Waals surface area contributed by atoms with Crippen LogP contribution in [-0.2, 0) is 20.7 Å². The van der Waals surface area contributed by atoms with E-state index in [-0.39, 0.29) is 12.8 Å². The number of hydrogen-bond donors (Lipinski definition) is 0. The van der Waals surface area contributed by atoms with Crippen molar-refractivity contribution >= 4 is 11.5 Å². The number of fused-ring (bicyclic) bond motifs is 2. The third kappa shape index (κ3) is 6.46. The van der Waals surface area contributed by atoms with Gasteiger partial charge < -0.3 is 23.7 Å². The molecule has 0 saturated heterocycles. The van der Waals surface area contributed by atoms with Gasteiger partial charge in [-0.25, -0.2) is 4.79 Å². The van der Waals surface area contributed by atoms with Crippen molar-refractivity contribution in [3.8, 4) is 17.2 Å². The minimum absolute atomic E-state index is 0.183. The molecule has 0 bridgehead atoms. The quantitative estimate of drug-likeness (QED) is 0.264. The van der Waals surface area contributed by atoms with Crippen LogP contribution in [0.25, 0.3) is 5.57 Å². The largest absolute Gasteiger partial charge is 0.494 e. The number of ether oxygens (including phenoxy) is 5. The highest BCUT2D eigenvalue weighted by Crippen LogP contribution is 2.37. The molecule has 1 aliphatic heterocycles. The Morgan fingerprint density at radius 3 is 2.19 bits per heavy atom. The number of benzene rings is 3. The second-order valence-corrected chi connectivity index (χ2v) is 8.33. The highest BCUT2D eigenvalue weighted by molar-refractivity contribution is 5.85. The lowest BCUT2D eigenvalue weighted by atomic mass is 9.94. The summed E-state index contributed by atoms with van der Waals surface area (Å²) in [5, 5.41) is 0. The van der Waals surface area contributed by atoms with Crippen LogP contribution in [0.15, 0.2) is 78.9 Å². The van der Waals surface area contributed by atoms with Gasteiger partial charge in [0.1, 0.15) is 17.2 Å². The number of carbonyl (C=O) groups excluding carboxylic acids is 1. The van der Waals surface area contributed by atoms with E-state index in [1.807, 2.05) is 60.7 Å². The highest BCUT2D eigenvalue weighted by atomic mass is 16.7. The van der Waals surface area contributed by atoms with E-state index < -0.39 is 6.10 Å². The Bertz CT molecular complexity index is 1120. The van der Waals surface area contributed by atoms with Gasteiger partial charge >= 0.3 is 5.97 Å². The topological polar surface area (TPSA) is 63.2 Å². The fraction of sp³-hybridized carbons (Fsp3) is 0.300. The molecule has 1 atom stereocenters. The van der Waals surface area contributed by atoms with E-state index in [2.05, 4.69) is 18.2 Å². The van der Waals surface area contributed by atoms with Crippen molar-refractivity contribution in [2.45, 2.75) is 32.3 Å². The zero-order chi connectivity index (χ0) is 25.2. The molecular weight excluding hydrogens is 456 g/mol. The fourth-order valence-electron chi connectivity index (χ4n) is 4.11. The van der Waals surface area contributed by atoms with Crippen molar-refractivity contribution in [1.82, 2.24) is 0 Å². The third-order valence-electron chi connectivity index (χ3n) is 5.93. The Morgan fingerprint density at radius 1 is 0.944 bits per heavy atom. The Hall–Kier alpha value is -3.77. The number of methoxy groups -OCH3 is 1. The van der Waals surface area contributed by atoms with Crippen LogP contribution < -0.4 is 14.2 Å². The maximum Gasteiger partial charge on any atom is 0.335 e. The SMILES string of the molecule is CCOC(=O)C(Cc1ccc(OCCCC=C2c3ccccc3OCOc3ccccc32)cc1)OC. The summed E-state index contributed by atoms with van der Waals surface area (Å²) in [7, 11) is 1.52. The van der Waals surface area contributed by atoms with Crippen LogP contribution in [0.4, 0.5) is 0 Å². The maximum absolute atomic E-state index is 11.9. The summed E-state index contributed by atoms with van der Waals surface area (Å²) >= 11 is 0. The van der Waals surface area contributed by atoms with Crippen LogP contribution in [0, 0.1) is 0 Å². The first-order chi connectivity index (χ1) is 17.7. The highest BCUT2D eigenvalue weighted by Gasteiger charge is 2.20. The van der Waals surface area contributed by atoms with Crippen LogP contribution in [0.2, 0.25) is 0 Å². The predicted octanol–water partition coefficient (Wildman–Crippen LogP) is 5.83. The molecule has 188 valence electrons. The molecule has 6 heteroatoms. The molecule has 4 rings (SSSR count). The van der Waals surface area contributed by atoms with Crippen LogP contribution in [0.1, 0.15) is 36.5 Å². The van der Waals surface area contributed by atoms with Gasteiger partial charge in [0, 0.05) is 24.7 Å². The number of carbonyl (C=O) groups is 1. The van der Waals surface area contributed by atoms with Gasteiger partial charge in [-0.1, -0.05) is 54.6 Å². The summed E-state index contributed by atoms with van der Waals surface area (Å²) in [5.41, 5.74) is 4.20. The molecule has 1 heterocycles. The number of rotatable bonds is 10. The Balaban J connectivity index is 1.35. The molecule has 0 N–H and O–H groups in total. The van der Waals surface area contributed by atoms with Gasteiger partial charge in [-0.2, -0.15) is 0 Å². The van der Waals surface area contributed by atoms with E-state index in [0.29, 0.717) is 19.6 Å². The van der Waals surface area contributed by atoms with Gasteiger partial charge in [0.05, 0.1) is 13.2 Å². The van der Waals surface area contributed by atoms with Gasteiger partial charge in [0.2, 0.25) is 6.79 Å². The molecule has 3 aromatic carbocycles. The first kappa shape index (κ1) is 25.3. The molecule has 0 saturated carbocycles. The van der Waals surface area contributed by atoms with Crippen molar-refractivity contribution in [2.75, 3.05) is 27.1 Å². The van der Waals surface area contributed by atoms with Crippen molar-refractivity contribution in [1.29, 1.82) is 0 Å². The lowest BCUT2D eigenvalue weighted by molar-refractivity contribution is -0.154. The van der Waals surface area contributed by atoms with E-state index in [9.17, 15) is 4.79 Å². The number of allylic oxidation sites excluding steroid dienone is 1. The van der Waals surface area contributed by atoms with Crippen LogP contribution in [-0.4, -0.2) is 39.2 Å². The van der Waals surface area contributed by atoms with Gasteiger partial charge in [0.25, 0.3) is 0 Å². The molecule has 36 heavy (non-hydrogen) atoms. The Morgan fingerprint density at radius 2 is 1.58 bits per heavy atom. The van der Waals surface area contributed by atoms with Gasteiger partial charge in [-0.3, -0.25) is 0 Å². The molecule has 6 nitrogen and oxygen atoms in total. The first-order valence-corrected chi connectivity index (χ1v) is 12.2. The van der Waals surface area contributed by atoms with Gasteiger partial charge in [-0.15, -0.1) is 0 Å². The van der Waals surface area contributed by atoms with Crippen molar-refractivity contribution in [3.63, 3.8) is 0 Å². The van der Waals surface area contributed by atoms with Gasteiger partial charge in [-0.05, 0) is 55.2 Å². The van der Waals surface area contributed by atoms with Crippen LogP contribution in [0.5, 0.6) is 17.2 Å². The molecular formula is C30H32O6. The number of hydrogen-bond acceptors (Lipinski definition) is 6. The van der Waals surface area contributed by atoms with Gasteiger partial charge in [0.15, 0.2) is 6.10 Å². The molecule has 0 spiro atoms. The third-order valence-corrected chi connectivity index (χ3v) is 5.93. The summed E-state index contributed by atoms with van der Waals surface area (Å²) < 4.78 is 28.0. The standard InChI is InChI=1S/C30H32O6/c1-3-33-30(31)29(32-2)20-22-15-17-23(18-16-22)34-19-9-8-10-24-25-11-4-6-13-27(25)35-21-36-28-14-7-5-12-26(24)28/h4-7,10-18,29H,3,8-9,19-21H2,1-2H3.